The van der Waals surface area contributed by atoms with Crippen molar-refractivity contribution in [3.63, 3.8) is 0 Å². The molecule has 23 heavy (non-hydrogen) atoms. The number of likely N-dealkylation sites (N-methyl/N-ethyl adjacent to an activating group) is 1. The fourth-order valence-corrected chi connectivity index (χ4v) is 1.92. The van der Waals surface area contributed by atoms with E-state index in [2.05, 4.69) is 15.6 Å². The van der Waals surface area contributed by atoms with Crippen molar-refractivity contribution in [3.05, 3.63) is 59.5 Å². The summed E-state index contributed by atoms with van der Waals surface area (Å²) in [6.45, 7) is 1.93. The maximum absolute atomic E-state index is 12.8. The number of hydrogen-bond acceptors (Lipinski definition) is 4. The van der Waals surface area contributed by atoms with Crippen molar-refractivity contribution in [1.29, 1.82) is 0 Å². The number of rotatable bonds is 7. The van der Waals surface area contributed by atoms with Crippen molar-refractivity contribution >= 4 is 11.7 Å². The first-order valence-electron chi connectivity index (χ1n) is 7.42. The Labute approximate surface area is 135 Å². The molecular formula is C17H21FN4O. The second kappa shape index (κ2) is 8.24. The Hall–Kier alpha value is -2.47. The summed E-state index contributed by atoms with van der Waals surface area (Å²) in [6, 6.07) is 9.76. The van der Waals surface area contributed by atoms with E-state index >= 15 is 0 Å². The fourth-order valence-electron chi connectivity index (χ4n) is 1.92. The van der Waals surface area contributed by atoms with Crippen LogP contribution >= 0.6 is 0 Å². The minimum absolute atomic E-state index is 0.135. The topological polar surface area (TPSA) is 57.3 Å². The van der Waals surface area contributed by atoms with E-state index in [0.717, 1.165) is 12.1 Å². The number of amides is 1. The smallest absolute Gasteiger partial charge is 0.252 e. The van der Waals surface area contributed by atoms with Gasteiger partial charge in [0.25, 0.3) is 5.91 Å². The predicted octanol–water partition coefficient (Wildman–Crippen LogP) is 2.12. The maximum Gasteiger partial charge on any atom is 0.252 e. The molecule has 1 heterocycles. The second-order valence-corrected chi connectivity index (χ2v) is 5.47. The summed E-state index contributed by atoms with van der Waals surface area (Å²) >= 11 is 0. The van der Waals surface area contributed by atoms with Crippen LogP contribution in [0.4, 0.5) is 10.2 Å². The molecule has 0 aliphatic rings. The Morgan fingerprint density at radius 1 is 1.17 bits per heavy atom. The summed E-state index contributed by atoms with van der Waals surface area (Å²) in [5, 5.41) is 5.97. The Morgan fingerprint density at radius 2 is 1.91 bits per heavy atom. The zero-order chi connectivity index (χ0) is 16.7. The molecule has 0 atom stereocenters. The lowest BCUT2D eigenvalue weighted by atomic mass is 10.2. The fraction of sp³-hybridized carbons (Fsp3) is 0.294. The van der Waals surface area contributed by atoms with Crippen LogP contribution in [0.5, 0.6) is 0 Å². The van der Waals surface area contributed by atoms with Crippen LogP contribution in [-0.4, -0.2) is 43.0 Å². The molecule has 0 fully saturated rings. The molecule has 0 bridgehead atoms. The summed E-state index contributed by atoms with van der Waals surface area (Å²) in [5.41, 5.74) is 1.48. The largest absolute Gasteiger partial charge is 0.366 e. The molecule has 0 spiro atoms. The molecule has 0 saturated carbocycles. The molecule has 1 aromatic heterocycles. The average Bonchev–Trinajstić information content (AvgIpc) is 2.54. The van der Waals surface area contributed by atoms with E-state index in [1.165, 1.54) is 18.3 Å². The molecule has 5 nitrogen and oxygen atoms in total. The first kappa shape index (κ1) is 16.9. The van der Waals surface area contributed by atoms with Gasteiger partial charge in [0.2, 0.25) is 0 Å². The number of nitrogens with one attached hydrogen (secondary N) is 2. The van der Waals surface area contributed by atoms with Gasteiger partial charge >= 0.3 is 0 Å². The van der Waals surface area contributed by atoms with Gasteiger partial charge in [0.1, 0.15) is 11.6 Å². The number of carbonyl (C=O) groups excluding carboxylic acids is 1. The van der Waals surface area contributed by atoms with Gasteiger partial charge in [-0.15, -0.1) is 0 Å². The van der Waals surface area contributed by atoms with Gasteiger partial charge in [0.15, 0.2) is 0 Å². The lowest BCUT2D eigenvalue weighted by molar-refractivity contribution is 0.0950. The standard InChI is InChI=1S/C17H21FN4O/c1-22(2)10-9-19-17(23)14-5-8-16(21-12-14)20-11-13-3-6-15(18)7-4-13/h3-8,12H,9-11H2,1-2H3,(H,19,23)(H,20,21). The number of anilines is 1. The van der Waals surface area contributed by atoms with E-state index in [-0.39, 0.29) is 11.7 Å². The van der Waals surface area contributed by atoms with Crippen molar-refractivity contribution in [3.8, 4) is 0 Å². The van der Waals surface area contributed by atoms with Crippen molar-refractivity contribution in [2.75, 3.05) is 32.5 Å². The molecule has 0 radical (unpaired) electrons. The Balaban J connectivity index is 1.84. The molecule has 1 amide bonds. The third-order valence-corrected chi connectivity index (χ3v) is 3.26. The number of hydrogen-bond donors (Lipinski definition) is 2. The van der Waals surface area contributed by atoms with Crippen LogP contribution < -0.4 is 10.6 Å². The van der Waals surface area contributed by atoms with E-state index in [4.69, 9.17) is 0 Å². The van der Waals surface area contributed by atoms with Crippen molar-refractivity contribution in [2.45, 2.75) is 6.54 Å². The van der Waals surface area contributed by atoms with Crippen LogP contribution in [0.25, 0.3) is 0 Å². The number of benzene rings is 1. The molecule has 2 rings (SSSR count). The molecule has 2 N–H and O–H groups in total. The Morgan fingerprint density at radius 3 is 2.52 bits per heavy atom. The van der Waals surface area contributed by atoms with Gasteiger partial charge in [-0.2, -0.15) is 0 Å². The predicted molar refractivity (Wildman–Crippen MR) is 88.9 cm³/mol. The Bertz CT molecular complexity index is 626. The highest BCUT2D eigenvalue weighted by atomic mass is 19.1. The van der Waals surface area contributed by atoms with Crippen LogP contribution in [0, 0.1) is 5.82 Å². The van der Waals surface area contributed by atoms with Gasteiger partial charge in [-0.3, -0.25) is 4.79 Å². The van der Waals surface area contributed by atoms with Crippen LogP contribution in [0.3, 0.4) is 0 Å². The second-order valence-electron chi connectivity index (χ2n) is 5.47. The van der Waals surface area contributed by atoms with Gasteiger partial charge in [0.05, 0.1) is 5.56 Å². The Kier molecular flexibility index (Phi) is 6.05. The molecule has 0 unspecified atom stereocenters. The summed E-state index contributed by atoms with van der Waals surface area (Å²) in [4.78, 5) is 18.1. The van der Waals surface area contributed by atoms with Gasteiger partial charge < -0.3 is 15.5 Å². The highest BCUT2D eigenvalue weighted by molar-refractivity contribution is 5.94. The number of carbonyl (C=O) groups is 1. The molecular weight excluding hydrogens is 295 g/mol. The highest BCUT2D eigenvalue weighted by Crippen LogP contribution is 2.08. The molecule has 0 saturated heterocycles. The first-order valence-corrected chi connectivity index (χ1v) is 7.42. The van der Waals surface area contributed by atoms with Gasteiger partial charge in [-0.05, 0) is 43.9 Å². The summed E-state index contributed by atoms with van der Waals surface area (Å²) in [7, 11) is 3.91. The minimum Gasteiger partial charge on any atom is -0.366 e. The van der Waals surface area contributed by atoms with Crippen LogP contribution in [-0.2, 0) is 6.54 Å². The number of halogens is 1. The van der Waals surface area contributed by atoms with Crippen LogP contribution in [0.1, 0.15) is 15.9 Å². The normalized spacial score (nSPS) is 10.6. The molecule has 0 aliphatic carbocycles. The van der Waals surface area contributed by atoms with E-state index in [1.54, 1.807) is 24.3 Å². The van der Waals surface area contributed by atoms with E-state index in [9.17, 15) is 9.18 Å². The maximum atomic E-state index is 12.8. The number of nitrogens with zero attached hydrogens (tertiary/aromatic N) is 2. The molecule has 2 aromatic rings. The third kappa shape index (κ3) is 5.67. The molecule has 1 aromatic carbocycles. The third-order valence-electron chi connectivity index (χ3n) is 3.26. The quantitative estimate of drug-likeness (QED) is 0.821. The van der Waals surface area contributed by atoms with Crippen molar-refractivity contribution in [2.24, 2.45) is 0 Å². The summed E-state index contributed by atoms with van der Waals surface area (Å²) in [5.74, 6) is 0.278. The first-order chi connectivity index (χ1) is 11.0. The molecule has 0 aliphatic heterocycles. The van der Waals surface area contributed by atoms with Crippen molar-refractivity contribution in [1.82, 2.24) is 15.2 Å². The lowest BCUT2D eigenvalue weighted by Crippen LogP contribution is -2.31. The van der Waals surface area contributed by atoms with Crippen LogP contribution in [0.2, 0.25) is 0 Å². The monoisotopic (exact) mass is 316 g/mol. The SMILES string of the molecule is CN(C)CCNC(=O)c1ccc(NCc2ccc(F)cc2)nc1. The minimum atomic E-state index is -0.253. The zero-order valence-electron chi connectivity index (χ0n) is 13.3. The molecule has 122 valence electrons. The van der Waals surface area contributed by atoms with E-state index in [1.807, 2.05) is 19.0 Å². The van der Waals surface area contributed by atoms with E-state index in [0.29, 0.717) is 24.5 Å². The van der Waals surface area contributed by atoms with Crippen LogP contribution in [0.15, 0.2) is 42.6 Å². The summed E-state index contributed by atoms with van der Waals surface area (Å²) in [6.07, 6.45) is 1.54. The number of pyridine rings is 1. The van der Waals surface area contributed by atoms with Gasteiger partial charge in [-0.1, -0.05) is 12.1 Å². The van der Waals surface area contributed by atoms with E-state index < -0.39 is 0 Å². The summed E-state index contributed by atoms with van der Waals surface area (Å²) < 4.78 is 12.8. The average molecular weight is 316 g/mol. The van der Waals surface area contributed by atoms with Gasteiger partial charge in [-0.25, -0.2) is 9.37 Å². The van der Waals surface area contributed by atoms with Crippen molar-refractivity contribution < 1.29 is 9.18 Å². The lowest BCUT2D eigenvalue weighted by Gasteiger charge is -2.10. The zero-order valence-corrected chi connectivity index (χ0v) is 13.3. The van der Waals surface area contributed by atoms with Gasteiger partial charge in [0, 0.05) is 25.8 Å². The highest BCUT2D eigenvalue weighted by Gasteiger charge is 2.05. The molecule has 6 heteroatoms. The number of aromatic nitrogens is 1.